The van der Waals surface area contributed by atoms with E-state index in [1.165, 1.54) is 0 Å². The van der Waals surface area contributed by atoms with Gasteiger partial charge in [-0.15, -0.1) is 0 Å². The number of nitrogens with zero attached hydrogens (tertiary/aromatic N) is 2. The fraction of sp³-hybridized carbons (Fsp3) is 0.364. The Labute approximate surface area is 158 Å². The van der Waals surface area contributed by atoms with Crippen LogP contribution in [0.3, 0.4) is 0 Å². The Hall–Kier alpha value is -2.82. The van der Waals surface area contributed by atoms with Gasteiger partial charge < -0.3 is 14.5 Å². The van der Waals surface area contributed by atoms with Crippen molar-refractivity contribution in [2.45, 2.75) is 51.7 Å². The fourth-order valence-electron chi connectivity index (χ4n) is 3.85. The molecule has 1 saturated carbocycles. The molecule has 2 aromatic heterocycles. The number of rotatable bonds is 3. The topological polar surface area (TPSA) is 55.6 Å². The lowest BCUT2D eigenvalue weighted by atomic mass is 9.95. The number of benzene rings is 1. The summed E-state index contributed by atoms with van der Waals surface area (Å²) in [5.74, 6) is 0.762. The minimum atomic E-state index is -0.0124. The third kappa shape index (κ3) is 2.78. The fourth-order valence-corrected chi connectivity index (χ4v) is 3.85. The Bertz CT molecular complexity index is 1030. The van der Waals surface area contributed by atoms with Gasteiger partial charge in [0.1, 0.15) is 6.10 Å². The second kappa shape index (κ2) is 6.12. The summed E-state index contributed by atoms with van der Waals surface area (Å²) in [5, 5.41) is 3.13. The smallest absolute Gasteiger partial charge is 0.253 e. The van der Waals surface area contributed by atoms with Crippen LogP contribution in [0.15, 0.2) is 36.5 Å². The van der Waals surface area contributed by atoms with Crippen LogP contribution in [0, 0.1) is 13.8 Å². The number of pyridine rings is 1. The number of nitrogens with one attached hydrogen (secondary N) is 1. The zero-order valence-corrected chi connectivity index (χ0v) is 15.7. The molecule has 1 aromatic carbocycles. The molecule has 1 atom stereocenters. The third-order valence-electron chi connectivity index (χ3n) is 5.69. The predicted molar refractivity (Wildman–Crippen MR) is 103 cm³/mol. The van der Waals surface area contributed by atoms with E-state index < -0.39 is 0 Å². The molecular weight excluding hydrogens is 338 g/mol. The summed E-state index contributed by atoms with van der Waals surface area (Å²) in [6.07, 6.45) is 5.74. The molecule has 5 heteroatoms. The van der Waals surface area contributed by atoms with Crippen molar-refractivity contribution in [2.75, 3.05) is 0 Å². The molecular formula is C22H23N3O2. The zero-order valence-electron chi connectivity index (χ0n) is 15.7. The van der Waals surface area contributed by atoms with Gasteiger partial charge in [0, 0.05) is 23.5 Å². The van der Waals surface area contributed by atoms with Crippen molar-refractivity contribution < 1.29 is 9.53 Å². The predicted octanol–water partition coefficient (Wildman–Crippen LogP) is 3.91. The number of aromatic nitrogens is 2. The second-order valence-corrected chi connectivity index (χ2v) is 7.63. The lowest BCUT2D eigenvalue weighted by Gasteiger charge is -2.28. The van der Waals surface area contributed by atoms with Gasteiger partial charge in [-0.3, -0.25) is 4.79 Å². The SMILES string of the molecule is Cc1nc2c3c(c(C(=O)NC4CC4)cn2c1C)CC[C@@H](c1ccccc1)O3. The average Bonchev–Trinajstić information content (AvgIpc) is 3.46. The summed E-state index contributed by atoms with van der Waals surface area (Å²) in [5.41, 5.74) is 5.67. The number of carbonyl (C=O) groups is 1. The lowest BCUT2D eigenvalue weighted by Crippen LogP contribution is -2.28. The minimum absolute atomic E-state index is 0.00293. The summed E-state index contributed by atoms with van der Waals surface area (Å²) in [6, 6.07) is 10.6. The summed E-state index contributed by atoms with van der Waals surface area (Å²) in [4.78, 5) is 17.6. The van der Waals surface area contributed by atoms with Crippen molar-refractivity contribution in [3.63, 3.8) is 0 Å². The van der Waals surface area contributed by atoms with E-state index in [0.717, 1.165) is 65.2 Å². The standard InChI is InChI=1S/C22H23N3O2/c1-13-14(2)25-12-18(22(26)24-16-8-9-16)17-10-11-19(15-6-4-3-5-7-15)27-20(17)21(25)23-13/h3-7,12,16,19H,8-11H2,1-2H3,(H,24,26)/t19-/m0/s1. The number of fused-ring (bicyclic) bond motifs is 3. The third-order valence-corrected chi connectivity index (χ3v) is 5.69. The van der Waals surface area contributed by atoms with E-state index in [9.17, 15) is 4.79 Å². The molecule has 1 amide bonds. The van der Waals surface area contributed by atoms with Gasteiger partial charge in [-0.1, -0.05) is 30.3 Å². The van der Waals surface area contributed by atoms with Gasteiger partial charge in [0.15, 0.2) is 11.4 Å². The van der Waals surface area contributed by atoms with Gasteiger partial charge >= 0.3 is 0 Å². The summed E-state index contributed by atoms with van der Waals surface area (Å²) in [7, 11) is 0. The summed E-state index contributed by atoms with van der Waals surface area (Å²) < 4.78 is 8.45. The van der Waals surface area contributed by atoms with Crippen LogP contribution in [0.25, 0.3) is 5.65 Å². The number of hydrogen-bond acceptors (Lipinski definition) is 3. The number of carbonyl (C=O) groups excluding carboxylic acids is 1. The van der Waals surface area contributed by atoms with Crippen molar-refractivity contribution in [3.05, 3.63) is 64.6 Å². The minimum Gasteiger partial charge on any atom is -0.481 e. The van der Waals surface area contributed by atoms with Gasteiger partial charge in [-0.2, -0.15) is 0 Å². The first-order valence-electron chi connectivity index (χ1n) is 9.65. The van der Waals surface area contributed by atoms with Crippen LogP contribution in [0.4, 0.5) is 0 Å². The second-order valence-electron chi connectivity index (χ2n) is 7.63. The van der Waals surface area contributed by atoms with E-state index >= 15 is 0 Å². The highest BCUT2D eigenvalue weighted by molar-refractivity contribution is 5.97. The molecule has 0 unspecified atom stereocenters. The molecule has 1 aliphatic heterocycles. The van der Waals surface area contributed by atoms with Crippen LogP contribution in [0.2, 0.25) is 0 Å². The van der Waals surface area contributed by atoms with Gasteiger partial charge in [-0.05, 0) is 45.1 Å². The Balaban J connectivity index is 1.63. The maximum atomic E-state index is 12.9. The van der Waals surface area contributed by atoms with Crippen LogP contribution >= 0.6 is 0 Å². The normalized spacial score (nSPS) is 18.8. The van der Waals surface area contributed by atoms with Crippen molar-refractivity contribution >= 4 is 11.6 Å². The summed E-state index contributed by atoms with van der Waals surface area (Å²) >= 11 is 0. The van der Waals surface area contributed by atoms with Crippen molar-refractivity contribution in [2.24, 2.45) is 0 Å². The molecule has 138 valence electrons. The average molecular weight is 361 g/mol. The van der Waals surface area contributed by atoms with Crippen molar-refractivity contribution in [3.8, 4) is 5.75 Å². The number of imidazole rings is 1. The molecule has 0 radical (unpaired) electrons. The van der Waals surface area contributed by atoms with Crippen LogP contribution < -0.4 is 10.1 Å². The molecule has 0 bridgehead atoms. The van der Waals surface area contributed by atoms with E-state index in [0.29, 0.717) is 6.04 Å². The monoisotopic (exact) mass is 361 g/mol. The Kier molecular flexibility index (Phi) is 3.71. The molecule has 5 nitrogen and oxygen atoms in total. The van der Waals surface area contributed by atoms with Gasteiger partial charge in [-0.25, -0.2) is 4.98 Å². The maximum absolute atomic E-state index is 12.9. The molecule has 0 spiro atoms. The highest BCUT2D eigenvalue weighted by Crippen LogP contribution is 2.40. The Morgan fingerprint density at radius 1 is 1.19 bits per heavy atom. The number of aryl methyl sites for hydroxylation is 2. The maximum Gasteiger partial charge on any atom is 0.253 e. The first-order chi connectivity index (χ1) is 13.1. The van der Waals surface area contributed by atoms with E-state index in [4.69, 9.17) is 9.72 Å². The molecule has 3 heterocycles. The summed E-state index contributed by atoms with van der Waals surface area (Å²) in [6.45, 7) is 4.03. The molecule has 5 rings (SSSR count). The van der Waals surface area contributed by atoms with Crippen molar-refractivity contribution in [1.82, 2.24) is 14.7 Å². The van der Waals surface area contributed by atoms with Crippen LogP contribution in [0.1, 0.15) is 58.2 Å². The Morgan fingerprint density at radius 2 is 1.96 bits per heavy atom. The van der Waals surface area contributed by atoms with E-state index in [1.54, 1.807) is 0 Å². The highest BCUT2D eigenvalue weighted by Gasteiger charge is 2.31. The molecule has 1 fully saturated rings. The number of hydrogen-bond donors (Lipinski definition) is 1. The lowest BCUT2D eigenvalue weighted by molar-refractivity contribution is 0.0946. The van der Waals surface area contributed by atoms with Gasteiger partial charge in [0.05, 0.1) is 11.3 Å². The van der Waals surface area contributed by atoms with Crippen LogP contribution in [-0.4, -0.2) is 21.3 Å². The highest BCUT2D eigenvalue weighted by atomic mass is 16.5. The first kappa shape index (κ1) is 16.4. The molecule has 1 aliphatic carbocycles. The molecule has 0 saturated heterocycles. The first-order valence-corrected chi connectivity index (χ1v) is 9.65. The van der Waals surface area contributed by atoms with Crippen LogP contribution in [-0.2, 0) is 6.42 Å². The number of ether oxygens (including phenoxy) is 1. The molecule has 1 N–H and O–H groups in total. The largest absolute Gasteiger partial charge is 0.481 e. The van der Waals surface area contributed by atoms with E-state index in [1.807, 2.05) is 42.6 Å². The zero-order chi connectivity index (χ0) is 18.5. The number of amides is 1. The van der Waals surface area contributed by atoms with Gasteiger partial charge in [0.2, 0.25) is 0 Å². The van der Waals surface area contributed by atoms with E-state index in [2.05, 4.69) is 17.4 Å². The van der Waals surface area contributed by atoms with Crippen LogP contribution in [0.5, 0.6) is 5.75 Å². The molecule has 3 aromatic rings. The molecule has 2 aliphatic rings. The Morgan fingerprint density at radius 3 is 2.70 bits per heavy atom. The van der Waals surface area contributed by atoms with E-state index in [-0.39, 0.29) is 12.0 Å². The molecule has 27 heavy (non-hydrogen) atoms. The van der Waals surface area contributed by atoms with Gasteiger partial charge in [0.25, 0.3) is 5.91 Å². The van der Waals surface area contributed by atoms with Crippen molar-refractivity contribution in [1.29, 1.82) is 0 Å². The quantitative estimate of drug-likeness (QED) is 0.769.